The van der Waals surface area contributed by atoms with E-state index in [1.807, 2.05) is 13.0 Å². The molecular formula is C16H15F5OSi. The van der Waals surface area contributed by atoms with Crippen molar-refractivity contribution >= 4 is 13.5 Å². The minimum Gasteiger partial charge on any atom is -0.539 e. The van der Waals surface area contributed by atoms with Crippen molar-refractivity contribution in [2.45, 2.75) is 26.9 Å². The van der Waals surface area contributed by atoms with Gasteiger partial charge in [-0.05, 0) is 44.1 Å². The molecule has 0 aliphatic heterocycles. The molecule has 0 spiro atoms. The highest BCUT2D eigenvalue weighted by Crippen LogP contribution is 2.26. The molecule has 124 valence electrons. The molecule has 0 unspecified atom stereocenters. The highest BCUT2D eigenvalue weighted by molar-refractivity contribution is 6.85. The average molecular weight is 346 g/mol. The largest absolute Gasteiger partial charge is 0.539 e. The second kappa shape index (κ2) is 5.96. The molecule has 0 saturated carbocycles. The van der Waals surface area contributed by atoms with Crippen molar-refractivity contribution in [2.24, 2.45) is 0 Å². The molecular weight excluding hydrogens is 331 g/mol. The SMILES string of the molecule is Cc1cccc(O[Si](C)(C)c2c(F)c(F)c(F)c(F)c2F)c1C. The first kappa shape index (κ1) is 17.5. The first-order valence-corrected chi connectivity index (χ1v) is 9.76. The third-order valence-corrected chi connectivity index (χ3v) is 6.11. The van der Waals surface area contributed by atoms with Crippen LogP contribution in [-0.4, -0.2) is 8.32 Å². The number of hydrogen-bond acceptors (Lipinski definition) is 1. The van der Waals surface area contributed by atoms with Crippen LogP contribution in [0.3, 0.4) is 0 Å². The van der Waals surface area contributed by atoms with Gasteiger partial charge in [0.05, 0.1) is 5.19 Å². The smallest absolute Gasteiger partial charge is 0.282 e. The summed E-state index contributed by atoms with van der Waals surface area (Å²) in [5.74, 6) is -9.37. The van der Waals surface area contributed by atoms with Crippen LogP contribution in [0, 0.1) is 42.9 Å². The molecule has 0 aliphatic rings. The molecule has 23 heavy (non-hydrogen) atoms. The van der Waals surface area contributed by atoms with E-state index in [-0.39, 0.29) is 0 Å². The summed E-state index contributed by atoms with van der Waals surface area (Å²) < 4.78 is 73.8. The summed E-state index contributed by atoms with van der Waals surface area (Å²) in [6.07, 6.45) is 0. The molecule has 0 amide bonds. The lowest BCUT2D eigenvalue weighted by molar-refractivity contribution is 0.382. The summed E-state index contributed by atoms with van der Waals surface area (Å²) in [5.41, 5.74) is 1.64. The molecule has 2 aromatic carbocycles. The van der Waals surface area contributed by atoms with Gasteiger partial charge in [0.25, 0.3) is 8.32 Å². The lowest BCUT2D eigenvalue weighted by atomic mass is 10.1. The minimum atomic E-state index is -3.45. The van der Waals surface area contributed by atoms with Gasteiger partial charge >= 0.3 is 0 Å². The molecule has 2 aromatic rings. The zero-order chi connectivity index (χ0) is 17.5. The molecule has 0 aliphatic carbocycles. The van der Waals surface area contributed by atoms with Gasteiger partial charge < -0.3 is 4.43 Å². The fourth-order valence-corrected chi connectivity index (χ4v) is 4.44. The van der Waals surface area contributed by atoms with Crippen LogP contribution < -0.4 is 9.61 Å². The zero-order valence-electron chi connectivity index (χ0n) is 13.0. The van der Waals surface area contributed by atoms with Gasteiger partial charge in [-0.3, -0.25) is 0 Å². The molecule has 0 heterocycles. The number of hydrogen-bond donors (Lipinski definition) is 0. The van der Waals surface area contributed by atoms with E-state index in [1.54, 1.807) is 19.1 Å². The van der Waals surface area contributed by atoms with Crippen LogP contribution in [0.2, 0.25) is 13.1 Å². The van der Waals surface area contributed by atoms with Gasteiger partial charge in [-0.25, -0.2) is 22.0 Å². The van der Waals surface area contributed by atoms with E-state index >= 15 is 0 Å². The lowest BCUT2D eigenvalue weighted by Gasteiger charge is -2.27. The van der Waals surface area contributed by atoms with Crippen LogP contribution in [0.5, 0.6) is 5.75 Å². The van der Waals surface area contributed by atoms with Gasteiger partial charge in [-0.2, -0.15) is 0 Å². The van der Waals surface area contributed by atoms with Gasteiger partial charge in [0.15, 0.2) is 23.3 Å². The van der Waals surface area contributed by atoms with Gasteiger partial charge in [-0.15, -0.1) is 0 Å². The number of benzene rings is 2. The number of halogens is 5. The normalized spacial score (nSPS) is 11.7. The first-order valence-electron chi connectivity index (χ1n) is 6.85. The van der Waals surface area contributed by atoms with Gasteiger partial charge in [0.2, 0.25) is 5.82 Å². The third-order valence-electron chi connectivity index (χ3n) is 3.73. The van der Waals surface area contributed by atoms with E-state index in [0.29, 0.717) is 5.75 Å². The Balaban J connectivity index is 2.59. The Morgan fingerprint density at radius 1 is 0.783 bits per heavy atom. The van der Waals surface area contributed by atoms with Crippen molar-refractivity contribution in [3.63, 3.8) is 0 Å². The van der Waals surface area contributed by atoms with E-state index in [1.165, 1.54) is 13.1 Å². The van der Waals surface area contributed by atoms with Crippen molar-refractivity contribution in [2.75, 3.05) is 0 Å². The van der Waals surface area contributed by atoms with Crippen molar-refractivity contribution in [1.82, 2.24) is 0 Å². The second-order valence-electron chi connectivity index (χ2n) is 5.76. The monoisotopic (exact) mass is 346 g/mol. The predicted octanol–water partition coefficient (Wildman–Crippen LogP) is 4.49. The highest BCUT2D eigenvalue weighted by atomic mass is 28.4. The van der Waals surface area contributed by atoms with Crippen molar-refractivity contribution in [3.8, 4) is 5.75 Å². The summed E-state index contributed by atoms with van der Waals surface area (Å²) in [6.45, 7) is 6.35. The summed E-state index contributed by atoms with van der Waals surface area (Å²) in [4.78, 5) is 0. The van der Waals surface area contributed by atoms with Crippen LogP contribution in [0.25, 0.3) is 0 Å². The van der Waals surface area contributed by atoms with E-state index in [2.05, 4.69) is 0 Å². The highest BCUT2D eigenvalue weighted by Gasteiger charge is 2.39. The van der Waals surface area contributed by atoms with Gasteiger partial charge in [0, 0.05) is 0 Å². The summed E-state index contributed by atoms with van der Waals surface area (Å²) in [7, 11) is -3.45. The second-order valence-corrected chi connectivity index (χ2v) is 9.48. The fourth-order valence-electron chi connectivity index (χ4n) is 2.29. The molecule has 2 rings (SSSR count). The van der Waals surface area contributed by atoms with Crippen LogP contribution in [0.15, 0.2) is 18.2 Å². The Kier molecular flexibility index (Phi) is 4.52. The van der Waals surface area contributed by atoms with Crippen molar-refractivity contribution in [3.05, 3.63) is 58.4 Å². The maximum atomic E-state index is 14.0. The fraction of sp³-hybridized carbons (Fsp3) is 0.250. The Hall–Kier alpha value is -1.89. The van der Waals surface area contributed by atoms with Crippen molar-refractivity contribution in [1.29, 1.82) is 0 Å². The van der Waals surface area contributed by atoms with Gasteiger partial charge in [0.1, 0.15) is 5.75 Å². The molecule has 0 aromatic heterocycles. The van der Waals surface area contributed by atoms with Crippen LogP contribution in [-0.2, 0) is 0 Å². The lowest BCUT2D eigenvalue weighted by Crippen LogP contribution is -2.52. The molecule has 0 atom stereocenters. The maximum Gasteiger partial charge on any atom is 0.282 e. The van der Waals surface area contributed by atoms with Crippen molar-refractivity contribution < 1.29 is 26.4 Å². The van der Waals surface area contributed by atoms with Crippen LogP contribution >= 0.6 is 0 Å². The Morgan fingerprint density at radius 2 is 1.26 bits per heavy atom. The summed E-state index contributed by atoms with van der Waals surface area (Å²) in [6, 6.07) is 5.12. The summed E-state index contributed by atoms with van der Waals surface area (Å²) in [5, 5.41) is -0.866. The number of rotatable bonds is 3. The number of aryl methyl sites for hydroxylation is 1. The van der Waals surface area contributed by atoms with Crippen LogP contribution in [0.4, 0.5) is 22.0 Å². The molecule has 0 bridgehead atoms. The van der Waals surface area contributed by atoms with Crippen LogP contribution in [0.1, 0.15) is 11.1 Å². The quantitative estimate of drug-likeness (QED) is 0.344. The molecule has 1 nitrogen and oxygen atoms in total. The van der Waals surface area contributed by atoms with E-state index in [0.717, 1.165) is 11.1 Å². The van der Waals surface area contributed by atoms with E-state index < -0.39 is 42.6 Å². The Morgan fingerprint density at radius 3 is 1.78 bits per heavy atom. The van der Waals surface area contributed by atoms with Gasteiger partial charge in [-0.1, -0.05) is 12.1 Å². The minimum absolute atomic E-state index is 0.366. The zero-order valence-corrected chi connectivity index (χ0v) is 14.0. The summed E-state index contributed by atoms with van der Waals surface area (Å²) >= 11 is 0. The molecule has 0 N–H and O–H groups in total. The maximum absolute atomic E-state index is 14.0. The van der Waals surface area contributed by atoms with E-state index in [9.17, 15) is 22.0 Å². The Labute approximate surface area is 131 Å². The topological polar surface area (TPSA) is 9.23 Å². The van der Waals surface area contributed by atoms with E-state index in [4.69, 9.17) is 4.43 Å². The molecule has 7 heteroatoms. The Bertz CT molecular complexity index is 745. The predicted molar refractivity (Wildman–Crippen MR) is 79.9 cm³/mol. The standard InChI is InChI=1S/C16H15F5OSi/c1-8-6-5-7-10(9(8)2)22-23(3,4)16-14(20)12(18)11(17)13(19)15(16)21/h5-7H,1-4H3. The molecule has 0 saturated heterocycles. The molecule has 0 fully saturated rings. The average Bonchev–Trinajstić information content (AvgIpc) is 2.47. The third kappa shape index (κ3) is 2.97. The first-order chi connectivity index (χ1) is 10.6. The molecule has 0 radical (unpaired) electrons.